The van der Waals surface area contributed by atoms with Crippen molar-refractivity contribution in [2.45, 2.75) is 76.5 Å². The van der Waals surface area contributed by atoms with Crippen LogP contribution in [0.5, 0.6) is 0 Å². The highest BCUT2D eigenvalue weighted by Crippen LogP contribution is 2.32. The molecular formula is C15H26NP. The Balaban J connectivity index is 1.84. The summed E-state index contributed by atoms with van der Waals surface area (Å²) in [5, 5.41) is 0. The van der Waals surface area contributed by atoms with Gasteiger partial charge in [-0.2, -0.15) is 0 Å². The van der Waals surface area contributed by atoms with Gasteiger partial charge in [0.05, 0.1) is 0 Å². The monoisotopic (exact) mass is 251 g/mol. The van der Waals surface area contributed by atoms with Crippen LogP contribution in [0.15, 0.2) is 12.0 Å². The molecule has 0 saturated heterocycles. The van der Waals surface area contributed by atoms with E-state index in [0.29, 0.717) is 0 Å². The Morgan fingerprint density at radius 3 is 1.82 bits per heavy atom. The van der Waals surface area contributed by atoms with Gasteiger partial charge in [-0.15, -0.1) is 0 Å². The standard InChI is InChI=1S/C15H26NP/c1-2-4-6-8-10-14(11-9-7-5-3-1)15-16-12-13-17-15/h12-14,16H,1-11H2. The minimum Gasteiger partial charge on any atom is -0.361 e. The lowest BCUT2D eigenvalue weighted by atomic mass is 9.93. The SMILES string of the molecule is c1cpc(C2CCCCCCCCCCC2)[nH]1. The highest BCUT2D eigenvalue weighted by Gasteiger charge is 2.12. The highest BCUT2D eigenvalue weighted by molar-refractivity contribution is 7.30. The average molecular weight is 251 g/mol. The number of H-pyrrole nitrogens is 1. The zero-order chi connectivity index (χ0) is 11.8. The van der Waals surface area contributed by atoms with E-state index in [-0.39, 0.29) is 0 Å². The summed E-state index contributed by atoms with van der Waals surface area (Å²) in [6.07, 6.45) is 18.1. The molecule has 1 saturated carbocycles. The first-order chi connectivity index (χ1) is 8.47. The molecule has 0 unspecified atom stereocenters. The van der Waals surface area contributed by atoms with E-state index >= 15 is 0 Å². The number of nitrogens with one attached hydrogen (secondary N) is 1. The molecule has 0 atom stereocenters. The third-order valence-electron chi connectivity index (χ3n) is 4.01. The molecule has 0 radical (unpaired) electrons. The first-order valence-corrected chi connectivity index (χ1v) is 8.42. The van der Waals surface area contributed by atoms with E-state index in [9.17, 15) is 0 Å². The van der Waals surface area contributed by atoms with Crippen molar-refractivity contribution < 1.29 is 0 Å². The van der Waals surface area contributed by atoms with E-state index in [1.165, 1.54) is 78.8 Å². The Kier molecular flexibility index (Phi) is 6.13. The van der Waals surface area contributed by atoms with E-state index in [1.54, 1.807) is 5.43 Å². The summed E-state index contributed by atoms with van der Waals surface area (Å²) in [5.41, 5.74) is 1.57. The fourth-order valence-corrected chi connectivity index (χ4v) is 3.87. The quantitative estimate of drug-likeness (QED) is 0.631. The van der Waals surface area contributed by atoms with E-state index in [0.717, 1.165) is 5.92 Å². The van der Waals surface area contributed by atoms with Crippen molar-refractivity contribution in [3.63, 3.8) is 0 Å². The molecule has 1 aromatic rings. The van der Waals surface area contributed by atoms with Gasteiger partial charge in [0.2, 0.25) is 0 Å². The summed E-state index contributed by atoms with van der Waals surface area (Å²) in [7, 11) is 1.43. The van der Waals surface area contributed by atoms with Crippen LogP contribution in [0.4, 0.5) is 0 Å². The van der Waals surface area contributed by atoms with Gasteiger partial charge in [0.25, 0.3) is 0 Å². The number of aromatic nitrogens is 1. The molecule has 1 N–H and O–H groups in total. The second-order valence-corrected chi connectivity index (χ2v) is 6.47. The molecule has 0 amide bonds. The minimum atomic E-state index is 0.839. The third kappa shape index (κ3) is 4.84. The van der Waals surface area contributed by atoms with Crippen LogP contribution in [0.2, 0.25) is 0 Å². The Morgan fingerprint density at radius 2 is 1.35 bits per heavy atom. The van der Waals surface area contributed by atoms with Crippen molar-refractivity contribution in [2.75, 3.05) is 0 Å². The van der Waals surface area contributed by atoms with Crippen LogP contribution in [-0.2, 0) is 0 Å². The van der Waals surface area contributed by atoms with Crippen LogP contribution in [-0.4, -0.2) is 4.98 Å². The smallest absolute Gasteiger partial charge is 0.0455 e. The molecule has 1 fully saturated rings. The molecule has 1 aromatic heterocycles. The van der Waals surface area contributed by atoms with Gasteiger partial charge in [-0.3, -0.25) is 0 Å². The summed E-state index contributed by atoms with van der Waals surface area (Å²) in [6, 6.07) is 0. The first kappa shape index (κ1) is 13.1. The van der Waals surface area contributed by atoms with E-state index in [4.69, 9.17) is 0 Å². The lowest BCUT2D eigenvalue weighted by Crippen LogP contribution is -1.99. The first-order valence-electron chi connectivity index (χ1n) is 7.46. The Labute approximate surface area is 108 Å². The van der Waals surface area contributed by atoms with Gasteiger partial charge in [0.15, 0.2) is 0 Å². The fourth-order valence-electron chi connectivity index (χ4n) is 2.94. The molecule has 0 spiro atoms. The lowest BCUT2D eigenvalue weighted by Gasteiger charge is -2.16. The van der Waals surface area contributed by atoms with Crippen molar-refractivity contribution in [3.8, 4) is 0 Å². The Bertz CT molecular complexity index is 269. The average Bonchev–Trinajstić information content (AvgIpc) is 2.83. The van der Waals surface area contributed by atoms with Crippen molar-refractivity contribution >= 4 is 8.19 Å². The van der Waals surface area contributed by atoms with Crippen molar-refractivity contribution in [1.29, 1.82) is 0 Å². The molecule has 2 rings (SSSR count). The largest absolute Gasteiger partial charge is 0.361 e. The number of rotatable bonds is 1. The molecule has 1 nitrogen and oxygen atoms in total. The molecule has 1 aliphatic carbocycles. The number of aromatic amines is 1. The molecule has 96 valence electrons. The number of hydrogen-bond acceptors (Lipinski definition) is 0. The second kappa shape index (κ2) is 7.93. The summed E-state index contributed by atoms with van der Waals surface area (Å²) in [4.78, 5) is 3.46. The summed E-state index contributed by atoms with van der Waals surface area (Å²) < 4.78 is 0. The minimum absolute atomic E-state index is 0.839. The summed E-state index contributed by atoms with van der Waals surface area (Å²) in [5.74, 6) is 3.08. The Hall–Kier alpha value is -0.290. The van der Waals surface area contributed by atoms with Gasteiger partial charge < -0.3 is 4.98 Å². The molecular weight excluding hydrogens is 225 g/mol. The second-order valence-electron chi connectivity index (χ2n) is 5.43. The van der Waals surface area contributed by atoms with Gasteiger partial charge in [-0.05, 0) is 18.6 Å². The third-order valence-corrected chi connectivity index (χ3v) is 5.08. The normalized spacial score (nSPS) is 22.1. The molecule has 1 heterocycles. The predicted molar refractivity (Wildman–Crippen MR) is 76.8 cm³/mol. The molecule has 0 aliphatic heterocycles. The number of hydrogen-bond donors (Lipinski definition) is 1. The van der Waals surface area contributed by atoms with Crippen LogP contribution in [0.1, 0.15) is 82.0 Å². The van der Waals surface area contributed by atoms with Crippen LogP contribution < -0.4 is 0 Å². The molecule has 2 heteroatoms. The van der Waals surface area contributed by atoms with Gasteiger partial charge >= 0.3 is 0 Å². The van der Waals surface area contributed by atoms with Gasteiger partial charge in [-0.1, -0.05) is 66.0 Å². The lowest BCUT2D eigenvalue weighted by molar-refractivity contribution is 0.466. The van der Waals surface area contributed by atoms with Crippen LogP contribution in [0.25, 0.3) is 0 Å². The molecule has 1 aliphatic rings. The Morgan fingerprint density at radius 1 is 0.824 bits per heavy atom. The fraction of sp³-hybridized carbons (Fsp3) is 0.800. The van der Waals surface area contributed by atoms with E-state index < -0.39 is 0 Å². The van der Waals surface area contributed by atoms with Crippen LogP contribution in [0.3, 0.4) is 0 Å². The topological polar surface area (TPSA) is 15.8 Å². The van der Waals surface area contributed by atoms with Crippen molar-refractivity contribution in [1.82, 2.24) is 4.98 Å². The maximum absolute atomic E-state index is 3.46. The molecule has 0 bridgehead atoms. The highest BCUT2D eigenvalue weighted by atomic mass is 31.0. The van der Waals surface area contributed by atoms with Gasteiger partial charge in [0.1, 0.15) is 0 Å². The van der Waals surface area contributed by atoms with E-state index in [2.05, 4.69) is 17.0 Å². The van der Waals surface area contributed by atoms with Gasteiger partial charge in [0, 0.05) is 17.5 Å². The maximum atomic E-state index is 3.46. The van der Waals surface area contributed by atoms with Crippen LogP contribution in [0, 0.1) is 0 Å². The molecule has 0 aromatic carbocycles. The zero-order valence-electron chi connectivity index (χ0n) is 11.0. The van der Waals surface area contributed by atoms with Crippen LogP contribution >= 0.6 is 8.19 Å². The van der Waals surface area contributed by atoms with Crippen molar-refractivity contribution in [2.24, 2.45) is 0 Å². The zero-order valence-corrected chi connectivity index (χ0v) is 11.9. The molecule has 17 heavy (non-hydrogen) atoms. The maximum Gasteiger partial charge on any atom is 0.0455 e. The van der Waals surface area contributed by atoms with Crippen molar-refractivity contribution in [3.05, 3.63) is 17.4 Å². The summed E-state index contributed by atoms with van der Waals surface area (Å²) in [6.45, 7) is 0. The van der Waals surface area contributed by atoms with E-state index in [1.807, 2.05) is 0 Å². The van der Waals surface area contributed by atoms with Gasteiger partial charge in [-0.25, -0.2) is 0 Å². The summed E-state index contributed by atoms with van der Waals surface area (Å²) >= 11 is 0. The predicted octanol–water partition coefficient (Wildman–Crippen LogP) is 5.98.